The van der Waals surface area contributed by atoms with Crippen molar-refractivity contribution in [2.24, 2.45) is 11.8 Å². The van der Waals surface area contributed by atoms with Gasteiger partial charge in [0.1, 0.15) is 5.52 Å². The first-order valence-electron chi connectivity index (χ1n) is 11.5. The molecule has 1 heterocycles. The molecule has 2 N–H and O–H groups in total. The second-order valence-electron chi connectivity index (χ2n) is 9.05. The third kappa shape index (κ3) is 4.19. The first-order chi connectivity index (χ1) is 16.4. The summed E-state index contributed by atoms with van der Waals surface area (Å²) in [6.07, 6.45) is 2.01. The van der Waals surface area contributed by atoms with Gasteiger partial charge in [0.25, 0.3) is 6.01 Å². The largest absolute Gasteiger partial charge is 0.481 e. The van der Waals surface area contributed by atoms with Crippen LogP contribution in [0.4, 0.5) is 11.7 Å². The van der Waals surface area contributed by atoms with Gasteiger partial charge < -0.3 is 14.8 Å². The van der Waals surface area contributed by atoms with Gasteiger partial charge >= 0.3 is 5.97 Å². The van der Waals surface area contributed by atoms with E-state index >= 15 is 0 Å². The molecule has 1 aliphatic carbocycles. The van der Waals surface area contributed by atoms with Crippen molar-refractivity contribution in [2.75, 3.05) is 5.32 Å². The topological polar surface area (TPSA) is 92.4 Å². The summed E-state index contributed by atoms with van der Waals surface area (Å²) in [7, 11) is 0. The molecule has 1 aromatic heterocycles. The van der Waals surface area contributed by atoms with Crippen LogP contribution in [0.3, 0.4) is 0 Å². The van der Waals surface area contributed by atoms with Crippen LogP contribution in [0, 0.1) is 25.7 Å². The molecule has 3 aromatic carbocycles. The normalized spacial score (nSPS) is 17.7. The van der Waals surface area contributed by atoms with Crippen molar-refractivity contribution in [3.63, 3.8) is 0 Å². The van der Waals surface area contributed by atoms with Crippen LogP contribution in [0.2, 0.25) is 0 Å². The molecule has 0 aliphatic heterocycles. The standard InChI is InChI=1S/C28H26N2O4/c1-16-14-24-25(15-17(16)2)34-28(30-24)29-21-12-10-19(11-13-21)18-6-8-20(9-7-18)26(31)22-4-3-5-23(22)27(32)33/h6-15,22-23H,3-5H2,1-2H3,(H,29,30)(H,32,33)/t22-,23-/m0/s1. The second kappa shape index (κ2) is 8.78. The molecule has 34 heavy (non-hydrogen) atoms. The lowest BCUT2D eigenvalue weighted by molar-refractivity contribution is -0.142. The van der Waals surface area contributed by atoms with Crippen molar-refractivity contribution in [1.82, 2.24) is 4.98 Å². The number of aromatic nitrogens is 1. The van der Waals surface area contributed by atoms with Crippen molar-refractivity contribution in [3.05, 3.63) is 77.4 Å². The average Bonchev–Trinajstić information content (AvgIpc) is 3.47. The van der Waals surface area contributed by atoms with E-state index in [1.54, 1.807) is 12.1 Å². The number of carboxylic acids is 1. The molecular formula is C28H26N2O4. The van der Waals surface area contributed by atoms with Gasteiger partial charge in [0, 0.05) is 17.2 Å². The number of carbonyl (C=O) groups is 2. The van der Waals surface area contributed by atoms with Gasteiger partial charge in [-0.15, -0.1) is 0 Å². The average molecular weight is 455 g/mol. The van der Waals surface area contributed by atoms with Crippen LogP contribution in [-0.4, -0.2) is 21.8 Å². The molecule has 0 unspecified atom stereocenters. The SMILES string of the molecule is Cc1cc2nc(Nc3ccc(-c4ccc(C(=O)[C@H]5CCC[C@@H]5C(=O)O)cc4)cc3)oc2cc1C. The van der Waals surface area contributed by atoms with E-state index in [9.17, 15) is 14.7 Å². The number of ketones is 1. The fraction of sp³-hybridized carbons (Fsp3) is 0.250. The number of benzene rings is 3. The molecule has 0 bridgehead atoms. The lowest BCUT2D eigenvalue weighted by Gasteiger charge is -2.14. The van der Waals surface area contributed by atoms with Crippen LogP contribution in [-0.2, 0) is 4.79 Å². The summed E-state index contributed by atoms with van der Waals surface area (Å²) in [5.41, 5.74) is 7.34. The molecule has 4 aromatic rings. The fourth-order valence-electron chi connectivity index (χ4n) is 4.71. The van der Waals surface area contributed by atoms with Gasteiger partial charge in [-0.3, -0.25) is 9.59 Å². The van der Waals surface area contributed by atoms with Gasteiger partial charge in [0.2, 0.25) is 0 Å². The minimum absolute atomic E-state index is 0.0697. The number of nitrogens with zero attached hydrogens (tertiary/aromatic N) is 1. The molecule has 0 amide bonds. The van der Waals surface area contributed by atoms with Crippen LogP contribution < -0.4 is 5.32 Å². The van der Waals surface area contributed by atoms with E-state index < -0.39 is 17.8 Å². The monoisotopic (exact) mass is 454 g/mol. The Morgan fingerprint density at radius 3 is 2.21 bits per heavy atom. The lowest BCUT2D eigenvalue weighted by atomic mass is 9.88. The van der Waals surface area contributed by atoms with Crippen molar-refractivity contribution in [1.29, 1.82) is 0 Å². The molecule has 6 heteroatoms. The molecule has 1 saturated carbocycles. The molecule has 6 nitrogen and oxygen atoms in total. The highest BCUT2D eigenvalue weighted by Gasteiger charge is 2.37. The van der Waals surface area contributed by atoms with Gasteiger partial charge in [-0.2, -0.15) is 4.98 Å². The number of Topliss-reactive ketones (excluding diaryl/α,β-unsaturated/α-hetero) is 1. The minimum Gasteiger partial charge on any atom is -0.481 e. The Balaban J connectivity index is 1.29. The number of hydrogen-bond acceptors (Lipinski definition) is 5. The summed E-state index contributed by atoms with van der Waals surface area (Å²) in [4.78, 5) is 28.8. The zero-order valence-corrected chi connectivity index (χ0v) is 19.2. The van der Waals surface area contributed by atoms with E-state index in [1.807, 2.05) is 55.5 Å². The van der Waals surface area contributed by atoms with E-state index in [4.69, 9.17) is 4.42 Å². The molecule has 5 rings (SSSR count). The number of nitrogens with one attached hydrogen (secondary N) is 1. The number of fused-ring (bicyclic) bond motifs is 1. The van der Waals surface area contributed by atoms with Crippen LogP contribution in [0.5, 0.6) is 0 Å². The highest BCUT2D eigenvalue weighted by Crippen LogP contribution is 2.35. The summed E-state index contributed by atoms with van der Waals surface area (Å²) >= 11 is 0. The van der Waals surface area contributed by atoms with E-state index in [0.717, 1.165) is 39.9 Å². The van der Waals surface area contributed by atoms with Gasteiger partial charge in [-0.05, 0) is 73.2 Å². The third-order valence-electron chi connectivity index (χ3n) is 6.81. The van der Waals surface area contributed by atoms with Gasteiger partial charge in [0.15, 0.2) is 11.4 Å². The van der Waals surface area contributed by atoms with Gasteiger partial charge in [0.05, 0.1) is 5.92 Å². The molecular weight excluding hydrogens is 428 g/mol. The van der Waals surface area contributed by atoms with E-state index in [-0.39, 0.29) is 5.78 Å². The second-order valence-corrected chi connectivity index (χ2v) is 9.05. The van der Waals surface area contributed by atoms with E-state index in [0.29, 0.717) is 24.4 Å². The Hall–Kier alpha value is -3.93. The summed E-state index contributed by atoms with van der Waals surface area (Å²) in [6, 6.07) is 19.8. The maximum absolute atomic E-state index is 12.8. The Morgan fingerprint density at radius 1 is 0.912 bits per heavy atom. The molecule has 0 radical (unpaired) electrons. The number of carboxylic acid groups (broad SMARTS) is 1. The van der Waals surface area contributed by atoms with Gasteiger partial charge in [-0.25, -0.2) is 0 Å². The van der Waals surface area contributed by atoms with E-state index in [1.165, 1.54) is 5.56 Å². The van der Waals surface area contributed by atoms with E-state index in [2.05, 4.69) is 17.2 Å². The van der Waals surface area contributed by atoms with Gasteiger partial charge in [-0.1, -0.05) is 42.8 Å². The lowest BCUT2D eigenvalue weighted by Crippen LogP contribution is -2.25. The quantitative estimate of drug-likeness (QED) is 0.321. The Labute approximate surface area is 197 Å². The predicted octanol–water partition coefficient (Wildman–Crippen LogP) is 6.54. The van der Waals surface area contributed by atoms with Crippen LogP contribution >= 0.6 is 0 Å². The van der Waals surface area contributed by atoms with Crippen LogP contribution in [0.25, 0.3) is 22.2 Å². The predicted molar refractivity (Wildman–Crippen MR) is 131 cm³/mol. The number of carbonyl (C=O) groups excluding carboxylic acids is 1. The Kier molecular flexibility index (Phi) is 5.65. The first-order valence-corrected chi connectivity index (χ1v) is 11.5. The molecule has 1 aliphatic rings. The highest BCUT2D eigenvalue weighted by atomic mass is 16.4. The summed E-state index contributed by atoms with van der Waals surface area (Å²) in [5.74, 6) is -1.93. The van der Waals surface area contributed by atoms with Crippen molar-refractivity contribution >= 4 is 34.6 Å². The molecule has 2 atom stereocenters. The smallest absolute Gasteiger partial charge is 0.307 e. The van der Waals surface area contributed by atoms with Crippen LogP contribution in [0.1, 0.15) is 40.7 Å². The number of oxazole rings is 1. The molecule has 0 spiro atoms. The number of aliphatic carboxylic acids is 1. The molecule has 0 saturated heterocycles. The maximum atomic E-state index is 12.8. The molecule has 172 valence electrons. The summed E-state index contributed by atoms with van der Waals surface area (Å²) in [6.45, 7) is 4.10. The zero-order chi connectivity index (χ0) is 23.8. The summed E-state index contributed by atoms with van der Waals surface area (Å²) < 4.78 is 5.83. The Bertz CT molecular complexity index is 1330. The molecule has 1 fully saturated rings. The van der Waals surface area contributed by atoms with Crippen molar-refractivity contribution in [2.45, 2.75) is 33.1 Å². The highest BCUT2D eigenvalue weighted by molar-refractivity contribution is 6.00. The van der Waals surface area contributed by atoms with Crippen molar-refractivity contribution in [3.8, 4) is 11.1 Å². The number of anilines is 2. The third-order valence-corrected chi connectivity index (χ3v) is 6.81. The minimum atomic E-state index is -0.871. The first kappa shape index (κ1) is 21.9. The fourth-order valence-corrected chi connectivity index (χ4v) is 4.71. The number of rotatable bonds is 6. The zero-order valence-electron chi connectivity index (χ0n) is 19.2. The van der Waals surface area contributed by atoms with Crippen molar-refractivity contribution < 1.29 is 19.1 Å². The summed E-state index contributed by atoms with van der Waals surface area (Å²) in [5, 5.41) is 12.6. The Morgan fingerprint density at radius 2 is 1.53 bits per heavy atom. The number of aryl methyl sites for hydroxylation is 2. The van der Waals surface area contributed by atoms with Crippen LogP contribution in [0.15, 0.2) is 65.1 Å². The number of hydrogen-bond donors (Lipinski definition) is 2. The maximum Gasteiger partial charge on any atom is 0.307 e.